The molecule has 1 aliphatic rings. The number of amides is 1. The maximum atomic E-state index is 13.0. The van der Waals surface area contributed by atoms with E-state index in [1.54, 1.807) is 48.8 Å². The van der Waals surface area contributed by atoms with Gasteiger partial charge in [0.2, 0.25) is 0 Å². The molecule has 0 radical (unpaired) electrons. The number of hydrogen-bond donors (Lipinski definition) is 1. The Kier molecular flexibility index (Phi) is 6.37. The van der Waals surface area contributed by atoms with E-state index >= 15 is 0 Å². The number of hydrogen-bond acceptors (Lipinski definition) is 6. The highest BCUT2D eigenvalue weighted by Gasteiger charge is 2.46. The lowest BCUT2D eigenvalue weighted by molar-refractivity contribution is -0.140. The van der Waals surface area contributed by atoms with Crippen LogP contribution in [0.2, 0.25) is 0 Å². The number of aliphatic hydroxyl groups excluding tert-OH is 1. The van der Waals surface area contributed by atoms with Gasteiger partial charge < -0.3 is 14.7 Å². The Morgan fingerprint density at radius 1 is 1.12 bits per heavy atom. The smallest absolute Gasteiger partial charge is 0.295 e. The molecule has 3 heterocycles. The fourth-order valence-electron chi connectivity index (χ4n) is 3.60. The molecule has 1 amide bonds. The zero-order valence-electron chi connectivity index (χ0n) is 17.9. The summed E-state index contributed by atoms with van der Waals surface area (Å²) in [5.41, 5.74) is 1.42. The van der Waals surface area contributed by atoms with E-state index in [9.17, 15) is 14.7 Å². The van der Waals surface area contributed by atoms with Crippen LogP contribution in [0.25, 0.3) is 5.76 Å². The van der Waals surface area contributed by atoms with Crippen LogP contribution in [0.5, 0.6) is 5.75 Å². The van der Waals surface area contributed by atoms with Gasteiger partial charge in [0.05, 0.1) is 18.2 Å². The van der Waals surface area contributed by atoms with Gasteiger partial charge in [0.15, 0.2) is 0 Å². The molecule has 4 rings (SSSR count). The molecule has 1 saturated heterocycles. The van der Waals surface area contributed by atoms with Gasteiger partial charge in [-0.3, -0.25) is 14.6 Å². The van der Waals surface area contributed by atoms with Crippen LogP contribution >= 0.6 is 11.3 Å². The molecule has 1 aromatic carbocycles. The molecule has 3 aromatic rings. The lowest BCUT2D eigenvalue weighted by Crippen LogP contribution is -2.28. The van der Waals surface area contributed by atoms with Crippen molar-refractivity contribution in [1.29, 1.82) is 0 Å². The number of benzene rings is 1. The molecule has 1 unspecified atom stereocenters. The maximum Gasteiger partial charge on any atom is 0.295 e. The Bertz CT molecular complexity index is 1120. The SMILES string of the molecule is CC(C)COc1ccc(/C(O)=C2/C(=O)C(=O)N(Cc3ccncc3)C2c2cccs2)cc1. The fourth-order valence-corrected chi connectivity index (χ4v) is 4.44. The predicted molar refractivity (Wildman–Crippen MR) is 123 cm³/mol. The van der Waals surface area contributed by atoms with Gasteiger partial charge in [-0.25, -0.2) is 0 Å². The van der Waals surface area contributed by atoms with Crippen molar-refractivity contribution in [2.75, 3.05) is 6.61 Å². The van der Waals surface area contributed by atoms with Crippen LogP contribution in [0, 0.1) is 5.92 Å². The highest BCUT2D eigenvalue weighted by molar-refractivity contribution is 7.10. The number of aliphatic hydroxyl groups is 1. The van der Waals surface area contributed by atoms with Crippen molar-refractivity contribution in [1.82, 2.24) is 9.88 Å². The van der Waals surface area contributed by atoms with Gasteiger partial charge in [0.25, 0.3) is 11.7 Å². The molecule has 0 bridgehead atoms. The molecular weight excluding hydrogens is 424 g/mol. The first-order valence-electron chi connectivity index (χ1n) is 10.4. The van der Waals surface area contributed by atoms with E-state index in [1.165, 1.54) is 16.2 Å². The van der Waals surface area contributed by atoms with Crippen molar-refractivity contribution < 1.29 is 19.4 Å². The summed E-state index contributed by atoms with van der Waals surface area (Å²) in [4.78, 5) is 32.3. The van der Waals surface area contributed by atoms with Crippen LogP contribution in [0.4, 0.5) is 0 Å². The Balaban J connectivity index is 1.71. The van der Waals surface area contributed by atoms with Gasteiger partial charge in [-0.1, -0.05) is 19.9 Å². The summed E-state index contributed by atoms with van der Waals surface area (Å²) < 4.78 is 5.70. The number of nitrogens with zero attached hydrogens (tertiary/aromatic N) is 2. The van der Waals surface area contributed by atoms with E-state index in [0.29, 0.717) is 23.8 Å². The molecule has 1 atom stereocenters. The van der Waals surface area contributed by atoms with Crippen molar-refractivity contribution in [2.24, 2.45) is 5.92 Å². The first-order valence-corrected chi connectivity index (χ1v) is 11.3. The molecule has 1 fully saturated rings. The average Bonchev–Trinajstić information content (AvgIpc) is 3.41. The molecule has 2 aromatic heterocycles. The van der Waals surface area contributed by atoms with Crippen LogP contribution in [0.3, 0.4) is 0 Å². The highest BCUT2D eigenvalue weighted by atomic mass is 32.1. The Labute approximate surface area is 190 Å². The monoisotopic (exact) mass is 448 g/mol. The zero-order valence-corrected chi connectivity index (χ0v) is 18.7. The van der Waals surface area contributed by atoms with Gasteiger partial charge in [-0.2, -0.15) is 0 Å². The van der Waals surface area contributed by atoms with Crippen LogP contribution in [-0.2, 0) is 16.1 Å². The summed E-state index contributed by atoms with van der Waals surface area (Å²) >= 11 is 1.44. The number of thiophene rings is 1. The third-order valence-corrected chi connectivity index (χ3v) is 6.09. The second-order valence-corrected chi connectivity index (χ2v) is 9.01. The number of carbonyl (C=O) groups is 2. The predicted octanol–water partition coefficient (Wildman–Crippen LogP) is 4.80. The zero-order chi connectivity index (χ0) is 22.7. The molecule has 0 spiro atoms. The first-order chi connectivity index (χ1) is 15.5. The van der Waals surface area contributed by atoms with E-state index < -0.39 is 17.7 Å². The van der Waals surface area contributed by atoms with Crippen molar-refractivity contribution in [3.63, 3.8) is 0 Å². The third kappa shape index (κ3) is 4.43. The summed E-state index contributed by atoms with van der Waals surface area (Å²) in [6, 6.07) is 13.6. The summed E-state index contributed by atoms with van der Waals surface area (Å²) in [5, 5.41) is 13.0. The molecule has 32 heavy (non-hydrogen) atoms. The number of ether oxygens (including phenoxy) is 1. The summed E-state index contributed by atoms with van der Waals surface area (Å²) in [6.45, 7) is 4.96. The number of aromatic nitrogens is 1. The van der Waals surface area contributed by atoms with E-state index in [0.717, 1.165) is 10.4 Å². The van der Waals surface area contributed by atoms with E-state index in [4.69, 9.17) is 4.74 Å². The number of carbonyl (C=O) groups excluding carboxylic acids is 2. The largest absolute Gasteiger partial charge is 0.507 e. The van der Waals surface area contributed by atoms with E-state index in [1.807, 2.05) is 17.5 Å². The van der Waals surface area contributed by atoms with Crippen molar-refractivity contribution in [2.45, 2.75) is 26.4 Å². The number of pyridine rings is 1. The minimum absolute atomic E-state index is 0.0994. The number of ketones is 1. The Morgan fingerprint density at radius 2 is 1.84 bits per heavy atom. The molecular formula is C25H24N2O4S. The summed E-state index contributed by atoms with van der Waals surface area (Å²) in [7, 11) is 0. The van der Waals surface area contributed by atoms with E-state index in [-0.39, 0.29) is 17.9 Å². The van der Waals surface area contributed by atoms with Gasteiger partial charge in [-0.05, 0) is 59.3 Å². The van der Waals surface area contributed by atoms with E-state index in [2.05, 4.69) is 18.8 Å². The van der Waals surface area contributed by atoms with Crippen LogP contribution in [0.15, 0.2) is 71.9 Å². The normalized spacial score (nSPS) is 17.8. The molecule has 1 N–H and O–H groups in total. The van der Waals surface area contributed by atoms with Gasteiger partial charge >= 0.3 is 0 Å². The maximum absolute atomic E-state index is 13.0. The average molecular weight is 449 g/mol. The lowest BCUT2D eigenvalue weighted by atomic mass is 9.99. The van der Waals surface area contributed by atoms with Crippen LogP contribution in [0.1, 0.15) is 35.9 Å². The number of rotatable bonds is 7. The summed E-state index contributed by atoms with van der Waals surface area (Å²) in [6.07, 6.45) is 3.30. The first kappa shape index (κ1) is 21.8. The number of Topliss-reactive ketones (excluding diaryl/α,β-unsaturated/α-hetero) is 1. The minimum Gasteiger partial charge on any atom is -0.507 e. The minimum atomic E-state index is -0.685. The Morgan fingerprint density at radius 3 is 2.47 bits per heavy atom. The standard InChI is InChI=1S/C25H24N2O4S/c1-16(2)15-31-19-7-5-18(6-8-19)23(28)21-22(20-4-3-13-32-20)27(25(30)24(21)29)14-17-9-11-26-12-10-17/h3-13,16,22,28H,14-15H2,1-2H3/b23-21-. The van der Waals surface area contributed by atoms with Crippen molar-refractivity contribution >= 4 is 28.8 Å². The fraction of sp³-hybridized carbons (Fsp3) is 0.240. The van der Waals surface area contributed by atoms with Crippen LogP contribution in [-0.4, -0.2) is 33.3 Å². The molecule has 0 saturated carbocycles. The molecule has 1 aliphatic heterocycles. The topological polar surface area (TPSA) is 79.7 Å². The highest BCUT2D eigenvalue weighted by Crippen LogP contribution is 2.41. The quantitative estimate of drug-likeness (QED) is 0.319. The molecule has 7 heteroatoms. The lowest BCUT2D eigenvalue weighted by Gasteiger charge is -2.24. The van der Waals surface area contributed by atoms with Gasteiger partial charge in [0.1, 0.15) is 11.5 Å². The van der Waals surface area contributed by atoms with Crippen molar-refractivity contribution in [3.05, 3.63) is 87.9 Å². The molecule has 6 nitrogen and oxygen atoms in total. The second-order valence-electron chi connectivity index (χ2n) is 8.03. The molecule has 164 valence electrons. The Hall–Kier alpha value is -3.45. The second kappa shape index (κ2) is 9.36. The number of likely N-dealkylation sites (tertiary alicyclic amines) is 1. The van der Waals surface area contributed by atoms with Gasteiger partial charge in [-0.15, -0.1) is 11.3 Å². The van der Waals surface area contributed by atoms with Gasteiger partial charge in [0, 0.05) is 29.4 Å². The van der Waals surface area contributed by atoms with Crippen molar-refractivity contribution in [3.8, 4) is 5.75 Å². The van der Waals surface area contributed by atoms with Crippen LogP contribution < -0.4 is 4.74 Å². The third-order valence-electron chi connectivity index (χ3n) is 5.17. The summed E-state index contributed by atoms with van der Waals surface area (Å²) in [5.74, 6) is -0.420. The molecule has 0 aliphatic carbocycles.